The minimum Gasteiger partial charge on any atom is -0.442 e. The van der Waals surface area contributed by atoms with Gasteiger partial charge < -0.3 is 4.74 Å². The maximum absolute atomic E-state index is 11.5. The highest BCUT2D eigenvalue weighted by Crippen LogP contribution is 2.13. The van der Waals surface area contributed by atoms with Gasteiger partial charge in [0.25, 0.3) is 0 Å². The summed E-state index contributed by atoms with van der Waals surface area (Å²) >= 11 is 0. The summed E-state index contributed by atoms with van der Waals surface area (Å²) in [6, 6.07) is 0. The predicted octanol–water partition coefficient (Wildman–Crippen LogP) is 2.34. The molecule has 1 aliphatic heterocycles. The molecule has 0 saturated carbocycles. The molecule has 1 rings (SSSR count). The number of amides is 1. The number of hydrogen-bond acceptors (Lipinski definition) is 3. The van der Waals surface area contributed by atoms with Crippen molar-refractivity contribution in [1.29, 1.82) is 0 Å². The number of carbonyl (C=O) groups excluding carboxylic acids is 1. The predicted molar refractivity (Wildman–Crippen MR) is 52.7 cm³/mol. The minimum absolute atomic E-state index is 0.376. The summed E-state index contributed by atoms with van der Waals surface area (Å²) < 4.78 is 5.19. The average Bonchev–Trinajstić information content (AvgIpc) is 2.27. The molecule has 82 valence electrons. The van der Waals surface area contributed by atoms with E-state index in [2.05, 4.69) is 0 Å². The number of ether oxygens (including phenoxy) is 1. The highest BCUT2D eigenvalue weighted by Gasteiger charge is 2.23. The van der Waals surface area contributed by atoms with Crippen molar-refractivity contribution in [2.45, 2.75) is 45.6 Å². The number of hydroxylamine groups is 2. The van der Waals surface area contributed by atoms with Crippen LogP contribution in [0.15, 0.2) is 0 Å². The highest BCUT2D eigenvalue weighted by atomic mass is 16.7. The van der Waals surface area contributed by atoms with Crippen LogP contribution in [0, 0.1) is 0 Å². The molecule has 4 heteroatoms. The molecule has 0 spiro atoms. The van der Waals surface area contributed by atoms with Gasteiger partial charge in [0.15, 0.2) is 0 Å². The molecule has 1 heterocycles. The first-order valence-corrected chi connectivity index (χ1v) is 5.12. The largest absolute Gasteiger partial charge is 0.442 e. The second-order valence-corrected chi connectivity index (χ2v) is 4.48. The molecule has 4 nitrogen and oxygen atoms in total. The number of rotatable bonds is 0. The molecule has 0 atom stereocenters. The van der Waals surface area contributed by atoms with Gasteiger partial charge in [0, 0.05) is 0 Å². The van der Waals surface area contributed by atoms with Crippen molar-refractivity contribution in [2.75, 3.05) is 13.2 Å². The molecular formula is C10H19NO3. The molecule has 0 aromatic carbocycles. The molecule has 0 bridgehead atoms. The van der Waals surface area contributed by atoms with E-state index in [4.69, 9.17) is 9.57 Å². The number of hydrogen-bond donors (Lipinski definition) is 0. The van der Waals surface area contributed by atoms with Crippen LogP contribution in [0.3, 0.4) is 0 Å². The van der Waals surface area contributed by atoms with E-state index in [9.17, 15) is 4.79 Å². The summed E-state index contributed by atoms with van der Waals surface area (Å²) in [5.74, 6) is 0. The Kier molecular flexibility index (Phi) is 3.75. The van der Waals surface area contributed by atoms with Crippen LogP contribution < -0.4 is 0 Å². The molecule has 1 aliphatic rings. The number of carbonyl (C=O) groups is 1. The zero-order valence-electron chi connectivity index (χ0n) is 9.21. The van der Waals surface area contributed by atoms with Gasteiger partial charge in [-0.15, -0.1) is 0 Å². The van der Waals surface area contributed by atoms with Crippen LogP contribution in [0.5, 0.6) is 0 Å². The van der Waals surface area contributed by atoms with Crippen molar-refractivity contribution in [3.8, 4) is 0 Å². The Bertz CT molecular complexity index is 190. The lowest BCUT2D eigenvalue weighted by atomic mass is 10.2. The van der Waals surface area contributed by atoms with Crippen molar-refractivity contribution in [2.24, 2.45) is 0 Å². The Morgan fingerprint density at radius 1 is 1.29 bits per heavy atom. The fraction of sp³-hybridized carbons (Fsp3) is 0.900. The first-order valence-electron chi connectivity index (χ1n) is 5.12. The topological polar surface area (TPSA) is 38.8 Å². The van der Waals surface area contributed by atoms with Gasteiger partial charge in [0.1, 0.15) is 5.60 Å². The van der Waals surface area contributed by atoms with E-state index in [1.54, 1.807) is 0 Å². The standard InChI is InChI=1S/C10H19NO3/c1-10(2,3)14-9(12)11-7-5-4-6-8-13-11/h4-8H2,1-3H3. The van der Waals surface area contributed by atoms with Gasteiger partial charge in [-0.1, -0.05) is 0 Å². The van der Waals surface area contributed by atoms with Gasteiger partial charge in [-0.3, -0.25) is 4.84 Å². The normalized spacial score (nSPS) is 18.9. The molecule has 0 radical (unpaired) electrons. The first-order chi connectivity index (χ1) is 6.49. The average molecular weight is 201 g/mol. The molecule has 0 aromatic rings. The molecule has 0 N–H and O–H groups in total. The van der Waals surface area contributed by atoms with E-state index in [1.807, 2.05) is 20.8 Å². The summed E-state index contributed by atoms with van der Waals surface area (Å²) in [5.41, 5.74) is -0.452. The zero-order valence-corrected chi connectivity index (χ0v) is 9.21. The lowest BCUT2D eigenvalue weighted by Gasteiger charge is -2.25. The van der Waals surface area contributed by atoms with E-state index in [1.165, 1.54) is 5.06 Å². The summed E-state index contributed by atoms with van der Waals surface area (Å²) in [6.45, 7) is 6.79. The van der Waals surface area contributed by atoms with Crippen molar-refractivity contribution in [3.05, 3.63) is 0 Å². The fourth-order valence-electron chi connectivity index (χ4n) is 1.23. The van der Waals surface area contributed by atoms with E-state index < -0.39 is 5.60 Å². The maximum Gasteiger partial charge on any atom is 0.434 e. The lowest BCUT2D eigenvalue weighted by Crippen LogP contribution is -2.36. The van der Waals surface area contributed by atoms with Crippen molar-refractivity contribution in [1.82, 2.24) is 5.06 Å². The van der Waals surface area contributed by atoms with Crippen LogP contribution in [0.25, 0.3) is 0 Å². The molecule has 1 saturated heterocycles. The monoisotopic (exact) mass is 201 g/mol. The van der Waals surface area contributed by atoms with Crippen LogP contribution in [-0.2, 0) is 9.57 Å². The van der Waals surface area contributed by atoms with Crippen molar-refractivity contribution < 1.29 is 14.4 Å². The molecule has 0 aromatic heterocycles. The van der Waals surface area contributed by atoms with Crippen LogP contribution in [-0.4, -0.2) is 29.9 Å². The quantitative estimate of drug-likeness (QED) is 0.603. The van der Waals surface area contributed by atoms with E-state index in [0.29, 0.717) is 13.2 Å². The molecule has 0 aliphatic carbocycles. The SMILES string of the molecule is CC(C)(C)OC(=O)N1CCCCCO1. The van der Waals surface area contributed by atoms with E-state index in [-0.39, 0.29) is 6.09 Å². The Labute approximate surface area is 85.1 Å². The van der Waals surface area contributed by atoms with Crippen molar-refractivity contribution in [3.63, 3.8) is 0 Å². The Hall–Kier alpha value is -0.770. The maximum atomic E-state index is 11.5. The highest BCUT2D eigenvalue weighted by molar-refractivity contribution is 5.66. The van der Waals surface area contributed by atoms with E-state index in [0.717, 1.165) is 19.3 Å². The summed E-state index contributed by atoms with van der Waals surface area (Å²) in [6.07, 6.45) is 2.73. The second kappa shape index (κ2) is 4.64. The third-order valence-electron chi connectivity index (χ3n) is 1.85. The molecular weight excluding hydrogens is 182 g/mol. The summed E-state index contributed by atoms with van der Waals surface area (Å²) in [7, 11) is 0. The van der Waals surface area contributed by atoms with Gasteiger partial charge in [0.05, 0.1) is 13.2 Å². The molecule has 1 fully saturated rings. The van der Waals surface area contributed by atoms with Crippen LogP contribution in [0.2, 0.25) is 0 Å². The van der Waals surface area contributed by atoms with Crippen LogP contribution in [0.1, 0.15) is 40.0 Å². The van der Waals surface area contributed by atoms with Crippen LogP contribution in [0.4, 0.5) is 4.79 Å². The third-order valence-corrected chi connectivity index (χ3v) is 1.85. The van der Waals surface area contributed by atoms with Gasteiger partial charge in [-0.25, -0.2) is 4.79 Å². The van der Waals surface area contributed by atoms with Crippen molar-refractivity contribution >= 4 is 6.09 Å². The number of nitrogens with zero attached hydrogens (tertiary/aromatic N) is 1. The second-order valence-electron chi connectivity index (χ2n) is 4.48. The molecule has 1 amide bonds. The smallest absolute Gasteiger partial charge is 0.434 e. The van der Waals surface area contributed by atoms with Gasteiger partial charge >= 0.3 is 6.09 Å². The first kappa shape index (κ1) is 11.3. The Balaban J connectivity index is 2.42. The fourth-order valence-corrected chi connectivity index (χ4v) is 1.23. The minimum atomic E-state index is -0.452. The summed E-state index contributed by atoms with van der Waals surface area (Å²) in [4.78, 5) is 16.8. The lowest BCUT2D eigenvalue weighted by molar-refractivity contribution is -0.140. The zero-order chi connectivity index (χ0) is 10.6. The van der Waals surface area contributed by atoms with Crippen LogP contribution >= 0.6 is 0 Å². The van der Waals surface area contributed by atoms with Gasteiger partial charge in [0.2, 0.25) is 0 Å². The Morgan fingerprint density at radius 2 is 2.00 bits per heavy atom. The summed E-state index contributed by atoms with van der Waals surface area (Å²) in [5, 5.41) is 1.33. The van der Waals surface area contributed by atoms with Gasteiger partial charge in [-0.05, 0) is 40.0 Å². The van der Waals surface area contributed by atoms with Gasteiger partial charge in [-0.2, -0.15) is 5.06 Å². The van der Waals surface area contributed by atoms with E-state index >= 15 is 0 Å². The molecule has 14 heavy (non-hydrogen) atoms. The molecule has 0 unspecified atom stereocenters. The third kappa shape index (κ3) is 3.96. The Morgan fingerprint density at radius 3 is 2.64 bits per heavy atom.